The van der Waals surface area contributed by atoms with Crippen molar-refractivity contribution in [3.8, 4) is 40.2 Å². The van der Waals surface area contributed by atoms with E-state index >= 15 is 0 Å². The van der Waals surface area contributed by atoms with E-state index in [-0.39, 0.29) is 84.1 Å². The lowest BCUT2D eigenvalue weighted by Crippen LogP contribution is -2.49. The van der Waals surface area contributed by atoms with Gasteiger partial charge in [-0.2, -0.15) is 21.6 Å². The number of carbonyl (C=O) groups excluding carboxylic acids is 4. The Kier molecular flexibility index (Phi) is 23.1. The van der Waals surface area contributed by atoms with Crippen molar-refractivity contribution in [3.05, 3.63) is 217 Å². The molecule has 582 valence electrons. The molecule has 8 aromatic rings. The Hall–Kier alpha value is -9.76. The minimum atomic E-state index is -6.07. The summed E-state index contributed by atoms with van der Waals surface area (Å²) < 4.78 is 125. The number of ether oxygens (including phenoxy) is 10. The number of hydrogen-bond donors (Lipinski definition) is 1. The van der Waals surface area contributed by atoms with Crippen LogP contribution in [0.1, 0.15) is 177 Å². The van der Waals surface area contributed by atoms with Crippen LogP contribution in [0.5, 0.6) is 40.2 Å². The second-order valence-corrected chi connectivity index (χ2v) is 31.1. The summed E-state index contributed by atoms with van der Waals surface area (Å²) in [6.07, 6.45) is 3.40. The first-order chi connectivity index (χ1) is 52.3. The van der Waals surface area contributed by atoms with Crippen molar-refractivity contribution in [2.45, 2.75) is 140 Å². The summed E-state index contributed by atoms with van der Waals surface area (Å²) in [5.41, 5.74) is 6.98. The van der Waals surface area contributed by atoms with Crippen LogP contribution in [-0.4, -0.2) is 110 Å². The molecule has 6 heterocycles. The van der Waals surface area contributed by atoms with Gasteiger partial charge in [-0.05, 0) is 169 Å². The van der Waals surface area contributed by atoms with Gasteiger partial charge in [-0.3, -0.25) is 9.59 Å². The van der Waals surface area contributed by atoms with Crippen molar-refractivity contribution in [3.63, 3.8) is 0 Å². The van der Waals surface area contributed by atoms with Gasteiger partial charge >= 0.3 is 39.5 Å². The molecule has 110 heavy (non-hydrogen) atoms. The predicted octanol–water partition coefficient (Wildman–Crippen LogP) is 17.8. The predicted molar refractivity (Wildman–Crippen MR) is 410 cm³/mol. The van der Waals surface area contributed by atoms with Crippen LogP contribution in [0, 0.1) is 0 Å². The highest BCUT2D eigenvalue weighted by Crippen LogP contribution is 2.63. The van der Waals surface area contributed by atoms with Gasteiger partial charge in [0.15, 0.2) is 30.5 Å². The molecule has 0 aromatic heterocycles. The molecule has 0 saturated carbocycles. The molecule has 8 aromatic carbocycles. The van der Waals surface area contributed by atoms with Crippen LogP contribution in [0.2, 0.25) is 10.0 Å². The maximum atomic E-state index is 13.6. The van der Waals surface area contributed by atoms with Crippen LogP contribution < -0.4 is 43.6 Å². The number of fused-ring (bicyclic) bond motifs is 14. The number of rotatable bonds is 21. The summed E-state index contributed by atoms with van der Waals surface area (Å²) in [4.78, 5) is 57.9. The van der Waals surface area contributed by atoms with Crippen LogP contribution in [0.4, 0.5) is 35.9 Å². The van der Waals surface area contributed by atoms with Gasteiger partial charge in [0.25, 0.3) is 0 Å². The molecule has 14 rings (SSSR count). The Balaban J connectivity index is 0.000000178. The van der Waals surface area contributed by atoms with E-state index in [4.69, 9.17) is 76.3 Å². The van der Waals surface area contributed by atoms with Crippen LogP contribution in [-0.2, 0) is 65.9 Å². The normalized spacial score (nSPS) is 18.9. The highest BCUT2D eigenvalue weighted by molar-refractivity contribution is 7.88. The van der Waals surface area contributed by atoms with Gasteiger partial charge in [-0.1, -0.05) is 85.6 Å². The second-order valence-electron chi connectivity index (χ2n) is 28.8. The van der Waals surface area contributed by atoms with Crippen molar-refractivity contribution < 1.29 is 92.3 Å². The van der Waals surface area contributed by atoms with E-state index in [1.54, 1.807) is 57.5 Å². The number of esters is 4. The second kappa shape index (κ2) is 31.9. The zero-order chi connectivity index (χ0) is 79.0. The van der Waals surface area contributed by atoms with Crippen molar-refractivity contribution in [2.24, 2.45) is 5.73 Å². The monoisotopic (exact) mass is 1570 g/mol. The highest BCUT2D eigenvalue weighted by Gasteiger charge is 2.57. The lowest BCUT2D eigenvalue weighted by atomic mass is 9.74. The lowest BCUT2D eigenvalue weighted by Gasteiger charge is -2.48. The first-order valence-electron chi connectivity index (χ1n) is 36.1. The molecule has 4 unspecified atom stereocenters. The summed E-state index contributed by atoms with van der Waals surface area (Å²) in [6, 6.07) is 43.4. The number of benzene rings is 8. The Morgan fingerprint density at radius 1 is 0.591 bits per heavy atom. The van der Waals surface area contributed by atoms with Crippen LogP contribution in [0.3, 0.4) is 0 Å². The number of nitrogens with two attached hydrogens (primary N) is 1. The summed E-state index contributed by atoms with van der Waals surface area (Å²) in [6.45, 7) is 19.4. The zero-order valence-electron chi connectivity index (χ0n) is 62.9. The van der Waals surface area contributed by atoms with Gasteiger partial charge in [0.2, 0.25) is 0 Å². The van der Waals surface area contributed by atoms with Crippen LogP contribution in [0.15, 0.2) is 146 Å². The summed E-state index contributed by atoms with van der Waals surface area (Å²) in [5, 5.41) is 0.00736. The average Bonchev–Trinajstić information content (AvgIpc) is 1.43. The molecule has 0 aliphatic carbocycles. The Morgan fingerprint density at radius 3 is 1.45 bits per heavy atom. The Bertz CT molecular complexity index is 4950. The van der Waals surface area contributed by atoms with Crippen molar-refractivity contribution >= 4 is 79.9 Å². The SMILES string of the molecule is CCOC(=O)CCCN1c2cc3c(cc2C(C)CC1(C)C)C1(OC(=O)c2ccccc21)c1cc(Cl)c(N(C)c2ccc(OCOC)cc2)cc1O3.CCOC(=O)CCCN1c2cc3c(cc2C(C)CC1(C)C)C1(OC(=O)c2ccccc21)c1cc(Cl)c(OS(=O)(=O)C(F)(F)F)cc1O3.COCOc1ccc(CN)cc1. The molecule has 0 bridgehead atoms. The first kappa shape index (κ1) is 79.8. The number of alkyl halides is 3. The molecular formula is C83H87Cl2F3N4O17S. The molecular weight excluding hydrogens is 1480 g/mol. The van der Waals surface area contributed by atoms with Gasteiger partial charge < -0.3 is 72.0 Å². The fourth-order valence-electron chi connectivity index (χ4n) is 15.7. The fraction of sp³-hybridized carbons (Fsp3) is 0.373. The lowest BCUT2D eigenvalue weighted by molar-refractivity contribution is -0.144. The highest BCUT2D eigenvalue weighted by atomic mass is 35.5. The molecule has 0 saturated heterocycles. The van der Waals surface area contributed by atoms with E-state index < -0.39 is 49.5 Å². The zero-order valence-corrected chi connectivity index (χ0v) is 65.2. The quantitative estimate of drug-likeness (QED) is 0.0231. The summed E-state index contributed by atoms with van der Waals surface area (Å²) in [7, 11) is -0.961. The van der Waals surface area contributed by atoms with Crippen molar-refractivity contribution in [2.75, 3.05) is 75.9 Å². The number of anilines is 4. The average molecular weight is 1570 g/mol. The third kappa shape index (κ3) is 15.3. The van der Waals surface area contributed by atoms with Crippen LogP contribution >= 0.6 is 23.2 Å². The molecule has 2 spiro atoms. The van der Waals surface area contributed by atoms with E-state index in [1.807, 2.05) is 104 Å². The molecule has 6 aliphatic heterocycles. The molecule has 0 radical (unpaired) electrons. The Morgan fingerprint density at radius 2 is 1.01 bits per heavy atom. The molecule has 2 N–H and O–H groups in total. The van der Waals surface area contributed by atoms with E-state index in [2.05, 4.69) is 67.7 Å². The topological polar surface area (TPSA) is 240 Å². The van der Waals surface area contributed by atoms with E-state index in [0.717, 1.165) is 69.5 Å². The molecule has 0 amide bonds. The number of hydrogen-bond acceptors (Lipinski definition) is 21. The minimum Gasteiger partial charge on any atom is -0.468 e. The molecule has 4 atom stereocenters. The fourth-order valence-corrected chi connectivity index (χ4v) is 16.7. The van der Waals surface area contributed by atoms with Crippen molar-refractivity contribution in [1.29, 1.82) is 0 Å². The third-order valence-electron chi connectivity index (χ3n) is 20.6. The number of halogens is 5. The van der Waals surface area contributed by atoms with Gasteiger partial charge in [0.1, 0.15) is 34.5 Å². The summed E-state index contributed by atoms with van der Waals surface area (Å²) in [5.74, 6) is 0.654. The Labute approximate surface area is 647 Å². The van der Waals surface area contributed by atoms with E-state index in [0.29, 0.717) is 95.7 Å². The molecule has 21 nitrogen and oxygen atoms in total. The van der Waals surface area contributed by atoms with Gasteiger partial charge in [-0.25, -0.2) is 9.59 Å². The summed E-state index contributed by atoms with van der Waals surface area (Å²) >= 11 is 13.5. The first-order valence-corrected chi connectivity index (χ1v) is 38.3. The van der Waals surface area contributed by atoms with Gasteiger partial charge in [0.05, 0.1) is 40.1 Å². The minimum absolute atomic E-state index is 0.0457. The number of nitrogens with zero attached hydrogens (tertiary/aromatic N) is 3. The van der Waals surface area contributed by atoms with Crippen LogP contribution in [0.25, 0.3) is 0 Å². The maximum Gasteiger partial charge on any atom is 0.534 e. The smallest absolute Gasteiger partial charge is 0.468 e. The standard InChI is InChI=1S/C41H43ClN2O7.C33H31ClF3NO8S.C9H13NO2/c1-7-48-38(45)13-10-18-44-34-21-36-31(19-29(34)25(2)23-40(44,3)4)41(30-12-9-8-11-28(30)39(46)51-41)32-20-33(42)35(22-37(32)50-36)43(5)26-14-16-27(17-15-26)49-24-47-6;1-5-43-29(39)11-8-12-38-25-15-26-22(13-20(25)18(2)17-31(38,3)4)32(21-10-7-6-9-19(21)30(40)45-32)23-14-24(34)28(16-27(23)44-26)46-47(41,42)33(35,36)37;1-11-7-12-9-4-2-8(6-10)3-5-9/h8-9,11-12,14-17,19-22,25H,7,10,13,18,23-24H2,1-6H3;6-7,9-10,13-16,18H,5,8,11-12,17H2,1-4H3;2-5H,6-7,10H2,1H3. The van der Waals surface area contributed by atoms with Crippen molar-refractivity contribution in [1.82, 2.24) is 0 Å². The molecule has 0 fully saturated rings. The maximum absolute atomic E-state index is 13.6. The van der Waals surface area contributed by atoms with E-state index in [9.17, 15) is 40.8 Å². The third-order valence-corrected chi connectivity index (χ3v) is 22.2. The van der Waals surface area contributed by atoms with E-state index in [1.165, 1.54) is 6.07 Å². The molecule has 27 heteroatoms. The van der Waals surface area contributed by atoms with Gasteiger partial charge in [-0.15, -0.1) is 0 Å². The number of carbonyl (C=O) groups is 4. The largest absolute Gasteiger partial charge is 0.534 e. The molecule has 6 aliphatic rings. The van der Waals surface area contributed by atoms with Gasteiger partial charge in [0, 0.05) is 140 Å². The number of methoxy groups -OCH3 is 2.